The number of carbonyl (C=O) groups is 1. The number of hydrogen-bond donors (Lipinski definition) is 2. The van der Waals surface area contributed by atoms with Crippen molar-refractivity contribution in [1.82, 2.24) is 0 Å². The molecular weight excluding hydrogens is 395 g/mol. The molecule has 0 amide bonds. The second-order valence-electron chi connectivity index (χ2n) is 7.43. The molecule has 2 N–H and O–H groups in total. The fraction of sp³-hybridized carbons (Fsp3) is 0.952. The molecule has 0 heterocycles. The van der Waals surface area contributed by atoms with Crippen molar-refractivity contribution in [2.24, 2.45) is 0 Å². The Morgan fingerprint density at radius 1 is 0.828 bits per heavy atom. The smallest absolute Gasteiger partial charge is 0.411 e. The first-order valence-corrected chi connectivity index (χ1v) is 12.6. The minimum Gasteiger partial charge on any atom is -0.411 e. The Bertz CT molecular complexity index is 406. The summed E-state index contributed by atoms with van der Waals surface area (Å²) < 4.78 is 16.3. The Labute approximate surface area is 177 Å². The van der Waals surface area contributed by atoms with Gasteiger partial charge in [-0.1, -0.05) is 84.0 Å². The van der Waals surface area contributed by atoms with Gasteiger partial charge in [0.1, 0.15) is 6.61 Å². The minimum absolute atomic E-state index is 0.177. The van der Waals surface area contributed by atoms with E-state index in [9.17, 15) is 19.4 Å². The van der Waals surface area contributed by atoms with Crippen LogP contribution in [0.3, 0.4) is 0 Å². The molecule has 0 saturated heterocycles. The van der Waals surface area contributed by atoms with E-state index < -0.39 is 25.9 Å². The average Bonchev–Trinajstić information content (AvgIpc) is 2.69. The number of hydrogen-bond acceptors (Lipinski definition) is 6. The molecule has 0 aromatic heterocycles. The van der Waals surface area contributed by atoms with E-state index in [2.05, 4.69) is 16.7 Å². The second-order valence-corrected chi connectivity index (χ2v) is 8.55. The van der Waals surface area contributed by atoms with Gasteiger partial charge in [0.05, 0.1) is 6.61 Å². The predicted molar refractivity (Wildman–Crippen MR) is 114 cm³/mol. The normalized spacial score (nSPS) is 13.9. The van der Waals surface area contributed by atoms with Gasteiger partial charge in [-0.05, 0) is 17.9 Å². The number of aliphatic hydroxyl groups excluding tert-OH is 1. The highest BCUT2D eigenvalue weighted by molar-refractivity contribution is 7.38. The summed E-state index contributed by atoms with van der Waals surface area (Å²) >= 11 is 0. The fourth-order valence-corrected chi connectivity index (χ4v) is 3.62. The Kier molecular flexibility index (Phi) is 20.3. The molecule has 0 aromatic carbocycles. The Balaban J connectivity index is 3.65. The first-order chi connectivity index (χ1) is 14.0. The van der Waals surface area contributed by atoms with Crippen LogP contribution in [0.5, 0.6) is 0 Å². The molecule has 0 bridgehead atoms. The maximum absolute atomic E-state index is 11.8. The van der Waals surface area contributed by atoms with Crippen molar-refractivity contribution in [2.75, 3.05) is 13.2 Å². The first kappa shape index (κ1) is 28.4. The summed E-state index contributed by atoms with van der Waals surface area (Å²) in [5.41, 5.74) is 0. The van der Waals surface area contributed by atoms with Gasteiger partial charge in [0.25, 0.3) is 0 Å². The largest absolute Gasteiger partial charge is 0.553 e. The van der Waals surface area contributed by atoms with Gasteiger partial charge >= 0.3 is 19.8 Å². The highest BCUT2D eigenvalue weighted by atomic mass is 31.1. The van der Waals surface area contributed by atoms with Crippen LogP contribution in [0.15, 0.2) is 0 Å². The van der Waals surface area contributed by atoms with E-state index >= 15 is 0 Å². The maximum atomic E-state index is 11.8. The molecule has 0 aliphatic carbocycles. The van der Waals surface area contributed by atoms with E-state index in [1.807, 2.05) is 0 Å². The van der Waals surface area contributed by atoms with E-state index in [1.54, 1.807) is 6.92 Å². The highest BCUT2D eigenvalue weighted by Crippen LogP contribution is 2.27. The van der Waals surface area contributed by atoms with Crippen molar-refractivity contribution in [2.45, 2.75) is 116 Å². The van der Waals surface area contributed by atoms with E-state index in [0.717, 1.165) is 12.8 Å². The molecule has 0 spiro atoms. The van der Waals surface area contributed by atoms with Gasteiger partial charge in [-0.3, -0.25) is 4.79 Å². The van der Waals surface area contributed by atoms with E-state index in [0.29, 0.717) is 6.42 Å². The van der Waals surface area contributed by atoms with E-state index in [4.69, 9.17) is 4.74 Å². The molecule has 3 atom stereocenters. The topological polar surface area (TPSA) is 102 Å². The Morgan fingerprint density at radius 3 is 1.76 bits per heavy atom. The van der Waals surface area contributed by atoms with Crippen molar-refractivity contribution in [3.63, 3.8) is 0 Å². The lowest BCUT2D eigenvalue weighted by Gasteiger charge is -2.13. The van der Waals surface area contributed by atoms with Crippen molar-refractivity contribution < 1.29 is 33.9 Å². The lowest BCUT2D eigenvalue weighted by molar-refractivity contribution is -0.304. The van der Waals surface area contributed by atoms with Crippen LogP contribution in [0.2, 0.25) is 0 Å². The summed E-state index contributed by atoms with van der Waals surface area (Å²) in [7, 11) is -2.87. The lowest BCUT2D eigenvalue weighted by Crippen LogP contribution is -2.32. The van der Waals surface area contributed by atoms with Gasteiger partial charge < -0.3 is 9.84 Å². The van der Waals surface area contributed by atoms with Gasteiger partial charge in [0.15, 0.2) is 6.10 Å². The molecule has 0 aromatic rings. The van der Waals surface area contributed by atoms with Crippen molar-refractivity contribution in [3.05, 3.63) is 0 Å². The molecule has 0 radical (unpaired) electrons. The monoisotopic (exact) mass is 437 g/mol. The van der Waals surface area contributed by atoms with Crippen LogP contribution in [0.1, 0.15) is 104 Å². The third-order valence-corrected chi connectivity index (χ3v) is 5.61. The first-order valence-electron chi connectivity index (χ1n) is 11.3. The van der Waals surface area contributed by atoms with Crippen molar-refractivity contribution in [1.29, 1.82) is 0 Å². The average molecular weight is 438 g/mol. The molecule has 172 valence electrons. The van der Waals surface area contributed by atoms with Crippen molar-refractivity contribution in [3.8, 4) is 0 Å². The lowest BCUT2D eigenvalue weighted by atomic mass is 10.0. The molecule has 8 heteroatoms. The zero-order valence-electron chi connectivity index (χ0n) is 18.4. The summed E-state index contributed by atoms with van der Waals surface area (Å²) in [4.78, 5) is 30.4. The van der Waals surface area contributed by atoms with E-state index in [-0.39, 0.29) is 19.6 Å². The number of rotatable bonds is 21. The summed E-state index contributed by atoms with van der Waals surface area (Å²) in [5.74, 6) is -2.08. The predicted octanol–water partition coefficient (Wildman–Crippen LogP) is 5.40. The van der Waals surface area contributed by atoms with Crippen LogP contribution in [0.25, 0.3) is 0 Å². The van der Waals surface area contributed by atoms with Gasteiger partial charge in [-0.15, -0.1) is 0 Å². The molecule has 0 aliphatic heterocycles. The molecule has 0 rings (SSSR count). The van der Waals surface area contributed by atoms with Crippen LogP contribution < -0.4 is 0 Å². The van der Waals surface area contributed by atoms with Crippen LogP contribution in [-0.2, 0) is 23.9 Å². The third kappa shape index (κ3) is 17.9. The number of ether oxygens (including phenoxy) is 1. The maximum Gasteiger partial charge on any atom is 0.553 e. The summed E-state index contributed by atoms with van der Waals surface area (Å²) in [6.45, 7) is 3.88. The molecule has 0 saturated carbocycles. The zero-order chi connectivity index (χ0) is 21.7. The number of aliphatic hydroxyl groups is 1. The van der Waals surface area contributed by atoms with E-state index in [1.165, 1.54) is 64.2 Å². The molecule has 2 unspecified atom stereocenters. The third-order valence-electron chi connectivity index (χ3n) is 4.72. The van der Waals surface area contributed by atoms with Crippen LogP contribution in [-0.4, -0.2) is 41.1 Å². The number of esters is 1. The highest BCUT2D eigenvalue weighted by Gasteiger charge is 2.40. The van der Waals surface area contributed by atoms with Gasteiger partial charge in [-0.2, -0.15) is 4.89 Å². The SMILES string of the molecule is CCCCCCCCCCCCCCCC(=O)OC([C@@H](O)COOCC)[P+](=O)O. The summed E-state index contributed by atoms with van der Waals surface area (Å²) in [6.07, 6.45) is 14.5. The number of unbranched alkanes of at least 4 members (excludes halogenated alkanes) is 12. The minimum atomic E-state index is -2.87. The van der Waals surface area contributed by atoms with Gasteiger partial charge in [0, 0.05) is 6.42 Å². The zero-order valence-corrected chi connectivity index (χ0v) is 19.2. The molecule has 7 nitrogen and oxygen atoms in total. The molecule has 29 heavy (non-hydrogen) atoms. The molecule has 0 fully saturated rings. The fourth-order valence-electron chi connectivity index (χ4n) is 3.04. The van der Waals surface area contributed by atoms with Gasteiger partial charge in [-0.25, -0.2) is 9.78 Å². The van der Waals surface area contributed by atoms with Crippen LogP contribution in [0, 0.1) is 0 Å². The van der Waals surface area contributed by atoms with Gasteiger partial charge in [0.2, 0.25) is 0 Å². The number of carbonyl (C=O) groups excluding carboxylic acids is 1. The second kappa shape index (κ2) is 20.7. The quantitative estimate of drug-likeness (QED) is 0.0815. The van der Waals surface area contributed by atoms with Crippen molar-refractivity contribution >= 4 is 14.0 Å². The van der Waals surface area contributed by atoms with Crippen LogP contribution >= 0.6 is 8.03 Å². The Hall–Kier alpha value is -0.590. The Morgan fingerprint density at radius 2 is 1.31 bits per heavy atom. The summed E-state index contributed by atoms with van der Waals surface area (Å²) in [6, 6.07) is 0. The molecule has 0 aliphatic rings. The summed E-state index contributed by atoms with van der Waals surface area (Å²) in [5, 5.41) is 9.81. The van der Waals surface area contributed by atoms with Crippen LogP contribution in [0.4, 0.5) is 0 Å². The standard InChI is InChI=1S/C21H41O7P/c1-3-5-6-7-8-9-10-11-12-13-14-15-16-17-20(23)28-21(29(24)25)19(22)18-27-26-4-2/h19,21-22H,3-18H2,1-2H3/p+1/t19-,21?/m0/s1. The molecular formula is C21H42O7P+.